The van der Waals surface area contributed by atoms with Crippen molar-refractivity contribution < 1.29 is 0 Å². The number of anilines is 8. The van der Waals surface area contributed by atoms with Crippen LogP contribution in [-0.2, 0) is 6.42 Å². The summed E-state index contributed by atoms with van der Waals surface area (Å²) in [6.45, 7) is 2.11. The molecule has 0 aromatic heterocycles. The fraction of sp³-hybridized carbons (Fsp3) is 0.0526. The van der Waals surface area contributed by atoms with E-state index in [0.29, 0.717) is 0 Å². The zero-order chi connectivity index (χ0) is 53.4. The Morgan fingerprint density at radius 2 is 0.762 bits per heavy atom. The van der Waals surface area contributed by atoms with Gasteiger partial charge in [0, 0.05) is 51.1 Å². The van der Waals surface area contributed by atoms with Crippen LogP contribution < -0.4 is 25.5 Å². The normalized spacial score (nSPS) is 12.1. The van der Waals surface area contributed by atoms with Crippen LogP contribution in [0.15, 0.2) is 297 Å². The van der Waals surface area contributed by atoms with Crippen LogP contribution in [0.3, 0.4) is 0 Å². The van der Waals surface area contributed by atoms with Crippen LogP contribution in [0.2, 0.25) is 0 Å². The minimum atomic E-state index is -0.189. The third kappa shape index (κ3) is 9.05. The highest BCUT2D eigenvalue weighted by Gasteiger charge is 2.45. The van der Waals surface area contributed by atoms with Crippen molar-refractivity contribution in [3.05, 3.63) is 303 Å². The van der Waals surface area contributed by atoms with E-state index in [1.807, 2.05) is 0 Å². The van der Waals surface area contributed by atoms with Gasteiger partial charge in [-0.1, -0.05) is 238 Å². The number of benzene rings is 12. The van der Waals surface area contributed by atoms with Gasteiger partial charge in [-0.05, 0) is 163 Å². The van der Waals surface area contributed by atoms with Gasteiger partial charge in [0.15, 0.2) is 0 Å². The van der Waals surface area contributed by atoms with E-state index in [0.717, 1.165) is 53.4 Å². The molecule has 0 atom stereocenters. The van der Waals surface area contributed by atoms with Gasteiger partial charge in [-0.2, -0.15) is 0 Å². The second-order valence-electron chi connectivity index (χ2n) is 21.1. The molecule has 2 aliphatic heterocycles. The van der Waals surface area contributed by atoms with Crippen LogP contribution in [0.5, 0.6) is 0 Å². The summed E-state index contributed by atoms with van der Waals surface area (Å²) in [5.74, 6) is 0. The maximum atomic E-state index is 2.66. The van der Waals surface area contributed by atoms with Crippen LogP contribution >= 0.6 is 0 Å². The standard InChI is InChI=1S/C76H58BN3/c1-2-3-21-54-48-71-70-46-45-68(78(65-41-36-60(37-42-65)55-22-9-4-10-23-55)66-43-38-61(39-44-66)56-24-11-5-12-25-56)53-73(70)80(69-35-20-33-63(51-69)58-28-15-7-16-29-58)77-72-47-40-64(59-30-17-8-18-31-59)52-74(72)79(75(49-54)76(71)77)67-34-19-32-62(50-67)57-26-13-6-14-27-57/h4-20,22-53H,2-3,21H2,1H3. The lowest BCUT2D eigenvalue weighted by Gasteiger charge is -2.46. The third-order valence-corrected chi connectivity index (χ3v) is 16.2. The fourth-order valence-corrected chi connectivity index (χ4v) is 12.3. The Bertz CT molecular complexity index is 4060. The predicted octanol–water partition coefficient (Wildman–Crippen LogP) is 19.5. The van der Waals surface area contributed by atoms with Crippen molar-refractivity contribution in [3.8, 4) is 66.8 Å². The molecular weight excluding hydrogens is 966 g/mol. The summed E-state index contributed by atoms with van der Waals surface area (Å²) < 4.78 is 0. The first-order valence-corrected chi connectivity index (χ1v) is 28.2. The van der Waals surface area contributed by atoms with E-state index in [1.54, 1.807) is 0 Å². The van der Waals surface area contributed by atoms with Crippen LogP contribution in [0.4, 0.5) is 45.5 Å². The summed E-state index contributed by atoms with van der Waals surface area (Å²) in [4.78, 5) is 7.68. The number of hydrogen-bond donors (Lipinski definition) is 0. The molecule has 0 radical (unpaired) electrons. The zero-order valence-corrected chi connectivity index (χ0v) is 44.8. The number of hydrogen-bond acceptors (Lipinski definition) is 3. The van der Waals surface area contributed by atoms with E-state index in [4.69, 9.17) is 0 Å². The first kappa shape index (κ1) is 48.5. The Balaban J connectivity index is 1.03. The first-order chi connectivity index (χ1) is 39.6. The lowest BCUT2D eigenvalue weighted by atomic mass is 9.43. The summed E-state index contributed by atoms with van der Waals surface area (Å²) in [7, 11) is 0. The lowest BCUT2D eigenvalue weighted by molar-refractivity contribution is 0.795. The maximum absolute atomic E-state index is 2.66. The molecular formula is C76H58BN3. The summed E-state index contributed by atoms with van der Waals surface area (Å²) in [5, 5.41) is 0. The zero-order valence-electron chi connectivity index (χ0n) is 44.8. The molecule has 14 rings (SSSR count). The SMILES string of the molecule is CCCCc1cc2c3c(c1)N(c1cccc(-c4ccccc4)c1)c1cc(-c4ccccc4)ccc1B3N(c1cccc(-c3ccccc3)c1)c1cc(N(c3ccc(-c4ccccc4)cc3)c3ccc(-c4ccccc4)cc3)ccc1-2. The maximum Gasteiger partial charge on any atom is 0.333 e. The Labute approximate surface area is 471 Å². The van der Waals surface area contributed by atoms with Crippen molar-refractivity contribution in [1.82, 2.24) is 0 Å². The van der Waals surface area contributed by atoms with Gasteiger partial charge < -0.3 is 14.6 Å². The molecule has 12 aromatic rings. The molecule has 0 saturated carbocycles. The van der Waals surface area contributed by atoms with Gasteiger partial charge >= 0.3 is 6.85 Å². The summed E-state index contributed by atoms with van der Waals surface area (Å²) in [6.07, 6.45) is 3.20. The van der Waals surface area contributed by atoms with E-state index >= 15 is 0 Å². The van der Waals surface area contributed by atoms with Crippen molar-refractivity contribution >= 4 is 63.3 Å². The van der Waals surface area contributed by atoms with Crippen molar-refractivity contribution in [2.45, 2.75) is 26.2 Å². The number of fused-ring (bicyclic) bond motifs is 4. The molecule has 0 aliphatic carbocycles. The van der Waals surface area contributed by atoms with Gasteiger partial charge in [-0.25, -0.2) is 0 Å². The number of unbranched alkanes of at least 4 members (excludes halogenated alkanes) is 1. The van der Waals surface area contributed by atoms with Crippen LogP contribution in [0, 0.1) is 0 Å². The number of aryl methyl sites for hydroxylation is 1. The molecule has 0 bridgehead atoms. The van der Waals surface area contributed by atoms with Crippen LogP contribution in [-0.4, -0.2) is 6.85 Å². The lowest BCUT2D eigenvalue weighted by Crippen LogP contribution is -2.61. The smallest absolute Gasteiger partial charge is 0.333 e. The van der Waals surface area contributed by atoms with Crippen LogP contribution in [0.1, 0.15) is 25.3 Å². The van der Waals surface area contributed by atoms with Gasteiger partial charge in [0.25, 0.3) is 0 Å². The highest BCUT2D eigenvalue weighted by molar-refractivity contribution is 6.93. The van der Waals surface area contributed by atoms with E-state index < -0.39 is 0 Å². The Morgan fingerprint density at radius 3 is 1.29 bits per heavy atom. The Morgan fingerprint density at radius 1 is 0.325 bits per heavy atom. The number of rotatable bonds is 13. The first-order valence-electron chi connectivity index (χ1n) is 28.2. The molecule has 80 heavy (non-hydrogen) atoms. The molecule has 0 fully saturated rings. The van der Waals surface area contributed by atoms with Crippen molar-refractivity contribution in [2.24, 2.45) is 0 Å². The van der Waals surface area contributed by atoms with E-state index in [2.05, 4.69) is 319 Å². The second kappa shape index (κ2) is 21.2. The Kier molecular flexibility index (Phi) is 12.8. The van der Waals surface area contributed by atoms with E-state index in [-0.39, 0.29) is 6.85 Å². The summed E-state index contributed by atoms with van der Waals surface area (Å²) in [5.41, 5.74) is 27.3. The van der Waals surface area contributed by atoms with Crippen molar-refractivity contribution in [1.29, 1.82) is 0 Å². The number of nitrogens with zero attached hydrogens (tertiary/aromatic N) is 3. The monoisotopic (exact) mass is 1020 g/mol. The molecule has 0 saturated heterocycles. The van der Waals surface area contributed by atoms with Gasteiger partial charge in [-0.3, -0.25) is 0 Å². The summed E-state index contributed by atoms with van der Waals surface area (Å²) >= 11 is 0. The van der Waals surface area contributed by atoms with Gasteiger partial charge in [0.05, 0.1) is 0 Å². The molecule has 12 aromatic carbocycles. The molecule has 2 heterocycles. The second-order valence-corrected chi connectivity index (χ2v) is 21.1. The highest BCUT2D eigenvalue weighted by Crippen LogP contribution is 2.50. The van der Waals surface area contributed by atoms with Crippen LogP contribution in [0.25, 0.3) is 66.8 Å². The van der Waals surface area contributed by atoms with Gasteiger partial charge in [-0.15, -0.1) is 0 Å². The van der Waals surface area contributed by atoms with Gasteiger partial charge in [0.1, 0.15) is 0 Å². The topological polar surface area (TPSA) is 9.72 Å². The Hall–Kier alpha value is -9.90. The average Bonchev–Trinajstić information content (AvgIpc) is 3.01. The summed E-state index contributed by atoms with van der Waals surface area (Å²) in [6, 6.07) is 110. The van der Waals surface area contributed by atoms with Crippen molar-refractivity contribution in [3.63, 3.8) is 0 Å². The van der Waals surface area contributed by atoms with E-state index in [9.17, 15) is 0 Å². The molecule has 2 aliphatic rings. The fourth-order valence-electron chi connectivity index (χ4n) is 12.3. The van der Waals surface area contributed by atoms with Gasteiger partial charge in [0.2, 0.25) is 0 Å². The molecule has 380 valence electrons. The average molecular weight is 1020 g/mol. The highest BCUT2D eigenvalue weighted by atomic mass is 15.2. The predicted molar refractivity (Wildman–Crippen MR) is 341 cm³/mol. The van der Waals surface area contributed by atoms with Crippen molar-refractivity contribution in [2.75, 3.05) is 14.6 Å². The molecule has 4 heteroatoms. The third-order valence-electron chi connectivity index (χ3n) is 16.2. The molecule has 0 spiro atoms. The molecule has 0 unspecified atom stereocenters. The minimum Gasteiger partial charge on any atom is -0.376 e. The molecule has 0 amide bonds. The van der Waals surface area contributed by atoms with E-state index in [1.165, 1.54) is 94.6 Å². The molecule has 3 nitrogen and oxygen atoms in total. The minimum absolute atomic E-state index is 0.189. The largest absolute Gasteiger partial charge is 0.376 e. The quantitative estimate of drug-likeness (QED) is 0.107. The molecule has 0 N–H and O–H groups in total.